The minimum atomic E-state index is -0.413. The summed E-state index contributed by atoms with van der Waals surface area (Å²) < 4.78 is 0. The zero-order chi connectivity index (χ0) is 17.2. The fourth-order valence-corrected chi connectivity index (χ4v) is 2.63. The van der Waals surface area contributed by atoms with E-state index in [0.717, 1.165) is 25.7 Å². The van der Waals surface area contributed by atoms with Crippen molar-refractivity contribution >= 4 is 23.5 Å². The molecule has 130 valence electrons. The van der Waals surface area contributed by atoms with E-state index in [9.17, 15) is 14.4 Å². The number of hydrazine groups is 1. The van der Waals surface area contributed by atoms with Gasteiger partial charge in [0.25, 0.3) is 0 Å². The molecule has 4 N–H and O–H groups in total. The van der Waals surface area contributed by atoms with Crippen LogP contribution < -0.4 is 21.5 Å². The standard InChI is InChI=1S/C17H24N4O3/c22-15(18-13-7-3-1-4-8-13)11-12-16(23)20-21-17(24)19-14-9-5-2-6-10-14/h1,3-4,7-8,14H,2,5-6,9-12H2,(H,18,22)(H,20,23)(H2,19,21,24). The monoisotopic (exact) mass is 332 g/mol. The van der Waals surface area contributed by atoms with Crippen LogP contribution in [0.5, 0.6) is 0 Å². The third-order valence-corrected chi connectivity index (χ3v) is 3.89. The molecule has 7 nitrogen and oxygen atoms in total. The molecule has 0 atom stereocenters. The van der Waals surface area contributed by atoms with Crippen molar-refractivity contribution < 1.29 is 14.4 Å². The average molecular weight is 332 g/mol. The van der Waals surface area contributed by atoms with Crippen molar-refractivity contribution in [3.8, 4) is 0 Å². The van der Waals surface area contributed by atoms with Gasteiger partial charge in [0.05, 0.1) is 0 Å². The maximum Gasteiger partial charge on any atom is 0.333 e. The van der Waals surface area contributed by atoms with Gasteiger partial charge in [-0.3, -0.25) is 15.0 Å². The van der Waals surface area contributed by atoms with Crippen molar-refractivity contribution in [1.82, 2.24) is 16.2 Å². The van der Waals surface area contributed by atoms with Crippen molar-refractivity contribution in [2.45, 2.75) is 51.0 Å². The summed E-state index contributed by atoms with van der Waals surface area (Å²) in [6.45, 7) is 0. The Labute approximate surface area is 141 Å². The molecule has 4 amide bonds. The van der Waals surface area contributed by atoms with Crippen LogP contribution in [-0.4, -0.2) is 23.9 Å². The quantitative estimate of drug-likeness (QED) is 0.621. The molecule has 1 saturated carbocycles. The molecule has 1 aromatic rings. The number of benzene rings is 1. The van der Waals surface area contributed by atoms with Gasteiger partial charge in [-0.25, -0.2) is 10.2 Å². The van der Waals surface area contributed by atoms with E-state index < -0.39 is 11.9 Å². The minimum absolute atomic E-state index is 0.00236. The summed E-state index contributed by atoms with van der Waals surface area (Å²) in [6, 6.07) is 8.79. The Kier molecular flexibility index (Phi) is 7.07. The van der Waals surface area contributed by atoms with Crippen LogP contribution in [0.1, 0.15) is 44.9 Å². The van der Waals surface area contributed by atoms with E-state index >= 15 is 0 Å². The maximum atomic E-state index is 11.7. The van der Waals surface area contributed by atoms with E-state index in [2.05, 4.69) is 21.5 Å². The van der Waals surface area contributed by atoms with Crippen LogP contribution in [0.25, 0.3) is 0 Å². The molecule has 1 fully saturated rings. The number of para-hydroxylation sites is 1. The molecule has 1 aliphatic carbocycles. The normalized spacial score (nSPS) is 14.5. The molecule has 1 aliphatic rings. The average Bonchev–Trinajstić information content (AvgIpc) is 2.60. The number of hydrogen-bond donors (Lipinski definition) is 4. The van der Waals surface area contributed by atoms with E-state index in [-0.39, 0.29) is 24.8 Å². The fourth-order valence-electron chi connectivity index (χ4n) is 2.63. The molecule has 0 heterocycles. The van der Waals surface area contributed by atoms with Crippen molar-refractivity contribution in [3.05, 3.63) is 30.3 Å². The van der Waals surface area contributed by atoms with E-state index in [1.165, 1.54) is 6.42 Å². The Balaban J connectivity index is 1.58. The van der Waals surface area contributed by atoms with Crippen LogP contribution in [0.3, 0.4) is 0 Å². The molecule has 0 radical (unpaired) electrons. The lowest BCUT2D eigenvalue weighted by atomic mass is 9.96. The Morgan fingerprint density at radius 2 is 1.54 bits per heavy atom. The van der Waals surface area contributed by atoms with Crippen LogP contribution in [0, 0.1) is 0 Å². The SMILES string of the molecule is O=C(CCC(=O)Nc1ccccc1)NNC(=O)NC1CCCCC1. The lowest BCUT2D eigenvalue weighted by molar-refractivity contribution is -0.124. The predicted octanol–water partition coefficient (Wildman–Crippen LogP) is 2.07. The lowest BCUT2D eigenvalue weighted by Gasteiger charge is -2.22. The zero-order valence-electron chi connectivity index (χ0n) is 13.6. The molecule has 7 heteroatoms. The number of nitrogens with one attached hydrogen (secondary N) is 4. The van der Waals surface area contributed by atoms with Gasteiger partial charge in [0.15, 0.2) is 0 Å². The van der Waals surface area contributed by atoms with Gasteiger partial charge in [0.1, 0.15) is 0 Å². The Morgan fingerprint density at radius 3 is 2.25 bits per heavy atom. The van der Waals surface area contributed by atoms with E-state index in [1.807, 2.05) is 18.2 Å². The molecule has 0 saturated heterocycles. The van der Waals surface area contributed by atoms with Gasteiger partial charge in [-0.15, -0.1) is 0 Å². The number of anilines is 1. The Bertz CT molecular complexity index is 556. The Hall–Kier alpha value is -2.57. The van der Waals surface area contributed by atoms with Crippen molar-refractivity contribution in [3.63, 3.8) is 0 Å². The van der Waals surface area contributed by atoms with Crippen LogP contribution in [0.15, 0.2) is 30.3 Å². The summed E-state index contributed by atoms with van der Waals surface area (Å²) in [4.78, 5) is 35.1. The highest BCUT2D eigenvalue weighted by Gasteiger charge is 2.15. The third-order valence-electron chi connectivity index (χ3n) is 3.89. The summed E-state index contributed by atoms with van der Waals surface area (Å²) in [5.41, 5.74) is 5.32. The first-order chi connectivity index (χ1) is 11.6. The predicted molar refractivity (Wildman–Crippen MR) is 91.0 cm³/mol. The zero-order valence-corrected chi connectivity index (χ0v) is 13.6. The molecule has 2 rings (SSSR count). The number of hydrogen-bond acceptors (Lipinski definition) is 3. The number of amides is 4. The van der Waals surface area contributed by atoms with E-state index in [0.29, 0.717) is 5.69 Å². The first-order valence-electron chi connectivity index (χ1n) is 8.34. The van der Waals surface area contributed by atoms with Crippen molar-refractivity contribution in [1.29, 1.82) is 0 Å². The highest BCUT2D eigenvalue weighted by molar-refractivity contribution is 5.93. The van der Waals surface area contributed by atoms with Gasteiger partial charge in [0.2, 0.25) is 11.8 Å². The van der Waals surface area contributed by atoms with E-state index in [1.54, 1.807) is 12.1 Å². The summed E-state index contributed by atoms with van der Waals surface area (Å²) in [7, 11) is 0. The number of carbonyl (C=O) groups is 3. The highest BCUT2D eigenvalue weighted by atomic mass is 16.2. The molecule has 0 bridgehead atoms. The van der Waals surface area contributed by atoms with Gasteiger partial charge in [0, 0.05) is 24.6 Å². The van der Waals surface area contributed by atoms with Gasteiger partial charge in [-0.1, -0.05) is 37.5 Å². The summed E-state index contributed by atoms with van der Waals surface area (Å²) in [5.74, 6) is -0.653. The Morgan fingerprint density at radius 1 is 0.875 bits per heavy atom. The summed E-state index contributed by atoms with van der Waals surface area (Å²) >= 11 is 0. The third kappa shape index (κ3) is 6.68. The molecule has 0 unspecified atom stereocenters. The molecule has 24 heavy (non-hydrogen) atoms. The lowest BCUT2D eigenvalue weighted by Crippen LogP contribution is -2.50. The van der Waals surface area contributed by atoms with Crippen LogP contribution in [0.2, 0.25) is 0 Å². The smallest absolute Gasteiger partial charge is 0.333 e. The summed E-state index contributed by atoms with van der Waals surface area (Å²) in [6.07, 6.45) is 5.44. The second-order valence-electron chi connectivity index (χ2n) is 5.90. The van der Waals surface area contributed by atoms with Crippen LogP contribution in [0.4, 0.5) is 10.5 Å². The van der Waals surface area contributed by atoms with Crippen molar-refractivity contribution in [2.24, 2.45) is 0 Å². The maximum absolute atomic E-state index is 11.7. The number of urea groups is 1. The molecule has 0 aliphatic heterocycles. The minimum Gasteiger partial charge on any atom is -0.334 e. The van der Waals surface area contributed by atoms with Crippen LogP contribution in [-0.2, 0) is 9.59 Å². The fraction of sp³-hybridized carbons (Fsp3) is 0.471. The number of carbonyl (C=O) groups excluding carboxylic acids is 3. The van der Waals surface area contributed by atoms with Crippen LogP contribution >= 0.6 is 0 Å². The van der Waals surface area contributed by atoms with Crippen molar-refractivity contribution in [2.75, 3.05) is 5.32 Å². The summed E-state index contributed by atoms with van der Waals surface area (Å²) in [5, 5.41) is 5.53. The first-order valence-corrected chi connectivity index (χ1v) is 8.34. The highest BCUT2D eigenvalue weighted by Crippen LogP contribution is 2.17. The second kappa shape index (κ2) is 9.54. The molecular formula is C17H24N4O3. The van der Waals surface area contributed by atoms with Gasteiger partial charge in [-0.05, 0) is 25.0 Å². The first kappa shape index (κ1) is 17.8. The molecule has 1 aromatic carbocycles. The molecule has 0 aromatic heterocycles. The largest absolute Gasteiger partial charge is 0.334 e. The van der Waals surface area contributed by atoms with Gasteiger partial charge < -0.3 is 10.6 Å². The van der Waals surface area contributed by atoms with E-state index in [4.69, 9.17) is 0 Å². The topological polar surface area (TPSA) is 99.3 Å². The molecular weight excluding hydrogens is 308 g/mol. The number of rotatable bonds is 5. The second-order valence-corrected chi connectivity index (χ2v) is 5.90. The van der Waals surface area contributed by atoms with Gasteiger partial charge >= 0.3 is 6.03 Å². The van der Waals surface area contributed by atoms with Gasteiger partial charge in [-0.2, -0.15) is 0 Å². The molecule has 0 spiro atoms.